The maximum Gasteiger partial charge on any atom is 0.262 e. The standard InChI is InChI=1S/C14H12BrFN2O2/c15-9-4-3-5-10(16)14(9)18-13(19)8-20-12-7-2-1-6-11(12)17/h1-7H,8,17H2,(H,18,19). The summed E-state index contributed by atoms with van der Waals surface area (Å²) in [4.78, 5) is 11.7. The van der Waals surface area contributed by atoms with Gasteiger partial charge in [-0.2, -0.15) is 0 Å². The van der Waals surface area contributed by atoms with E-state index in [1.165, 1.54) is 12.1 Å². The molecule has 0 atom stereocenters. The largest absolute Gasteiger partial charge is 0.482 e. The highest BCUT2D eigenvalue weighted by Crippen LogP contribution is 2.25. The van der Waals surface area contributed by atoms with Gasteiger partial charge in [0, 0.05) is 4.47 Å². The molecule has 0 aliphatic rings. The van der Waals surface area contributed by atoms with Crippen molar-refractivity contribution < 1.29 is 13.9 Å². The van der Waals surface area contributed by atoms with Crippen molar-refractivity contribution in [3.05, 3.63) is 52.8 Å². The van der Waals surface area contributed by atoms with Crippen LogP contribution in [0.5, 0.6) is 5.75 Å². The molecular formula is C14H12BrFN2O2. The summed E-state index contributed by atoms with van der Waals surface area (Å²) in [6.07, 6.45) is 0. The number of nitrogens with one attached hydrogen (secondary N) is 1. The van der Waals surface area contributed by atoms with Gasteiger partial charge in [-0.1, -0.05) is 18.2 Å². The van der Waals surface area contributed by atoms with E-state index in [0.29, 0.717) is 15.9 Å². The monoisotopic (exact) mass is 338 g/mol. The lowest BCUT2D eigenvalue weighted by Crippen LogP contribution is -2.21. The molecular weight excluding hydrogens is 327 g/mol. The fourth-order valence-corrected chi connectivity index (χ4v) is 1.99. The number of hydrogen-bond donors (Lipinski definition) is 2. The molecule has 0 bridgehead atoms. The number of halogens is 2. The number of benzene rings is 2. The summed E-state index contributed by atoms with van der Waals surface area (Å²) < 4.78 is 19.3. The maximum atomic E-state index is 13.5. The van der Waals surface area contributed by atoms with E-state index in [0.717, 1.165) is 0 Å². The molecule has 0 spiro atoms. The average Bonchev–Trinajstić information content (AvgIpc) is 2.42. The Kier molecular flexibility index (Phi) is 4.57. The van der Waals surface area contributed by atoms with Crippen molar-refractivity contribution in [2.75, 3.05) is 17.7 Å². The van der Waals surface area contributed by atoms with Crippen LogP contribution in [0.4, 0.5) is 15.8 Å². The molecule has 1 amide bonds. The van der Waals surface area contributed by atoms with Crippen molar-refractivity contribution in [2.24, 2.45) is 0 Å². The molecule has 0 heterocycles. The van der Waals surface area contributed by atoms with Gasteiger partial charge < -0.3 is 15.8 Å². The van der Waals surface area contributed by atoms with Crippen LogP contribution >= 0.6 is 15.9 Å². The first-order chi connectivity index (χ1) is 9.58. The number of para-hydroxylation sites is 3. The summed E-state index contributed by atoms with van der Waals surface area (Å²) in [5.41, 5.74) is 6.21. The number of carbonyl (C=O) groups excluding carboxylic acids is 1. The van der Waals surface area contributed by atoms with Gasteiger partial charge in [0.1, 0.15) is 11.6 Å². The molecule has 6 heteroatoms. The minimum absolute atomic E-state index is 0.0853. The molecule has 2 aromatic rings. The van der Waals surface area contributed by atoms with Crippen LogP contribution in [0.3, 0.4) is 0 Å². The summed E-state index contributed by atoms with van der Waals surface area (Å²) in [6.45, 7) is -0.255. The summed E-state index contributed by atoms with van der Waals surface area (Å²) in [6, 6.07) is 11.3. The molecule has 2 aromatic carbocycles. The second kappa shape index (κ2) is 6.38. The van der Waals surface area contributed by atoms with Crippen LogP contribution in [0.2, 0.25) is 0 Å². The van der Waals surface area contributed by atoms with Gasteiger partial charge in [0.2, 0.25) is 0 Å². The topological polar surface area (TPSA) is 64.3 Å². The zero-order chi connectivity index (χ0) is 14.5. The maximum absolute atomic E-state index is 13.5. The highest BCUT2D eigenvalue weighted by Gasteiger charge is 2.11. The first kappa shape index (κ1) is 14.3. The molecule has 2 rings (SSSR count). The van der Waals surface area contributed by atoms with E-state index in [2.05, 4.69) is 21.2 Å². The number of ether oxygens (including phenoxy) is 1. The third kappa shape index (κ3) is 3.48. The van der Waals surface area contributed by atoms with E-state index >= 15 is 0 Å². The first-order valence-corrected chi connectivity index (χ1v) is 6.58. The predicted octanol–water partition coefficient (Wildman–Crippen LogP) is 3.19. The van der Waals surface area contributed by atoms with E-state index < -0.39 is 11.7 Å². The van der Waals surface area contributed by atoms with Crippen LogP contribution in [0, 0.1) is 5.82 Å². The molecule has 0 aliphatic heterocycles. The van der Waals surface area contributed by atoms with Gasteiger partial charge in [0.25, 0.3) is 5.91 Å². The number of nitrogens with two attached hydrogens (primary N) is 1. The van der Waals surface area contributed by atoms with Gasteiger partial charge in [-0.15, -0.1) is 0 Å². The highest BCUT2D eigenvalue weighted by atomic mass is 79.9. The predicted molar refractivity (Wildman–Crippen MR) is 79.1 cm³/mol. The van der Waals surface area contributed by atoms with Gasteiger partial charge in [0.05, 0.1) is 11.4 Å². The Balaban J connectivity index is 1.98. The van der Waals surface area contributed by atoms with Crippen LogP contribution in [0.15, 0.2) is 46.9 Å². The summed E-state index contributed by atoms with van der Waals surface area (Å²) in [7, 11) is 0. The van der Waals surface area contributed by atoms with Crippen molar-refractivity contribution >= 4 is 33.2 Å². The molecule has 0 aromatic heterocycles. The lowest BCUT2D eigenvalue weighted by Gasteiger charge is -2.10. The van der Waals surface area contributed by atoms with Crippen molar-refractivity contribution in [1.29, 1.82) is 0 Å². The normalized spacial score (nSPS) is 10.1. The molecule has 0 fully saturated rings. The van der Waals surface area contributed by atoms with Crippen LogP contribution < -0.4 is 15.8 Å². The molecule has 0 saturated carbocycles. The minimum atomic E-state index is -0.521. The van der Waals surface area contributed by atoms with Crippen LogP contribution in [0.1, 0.15) is 0 Å². The van der Waals surface area contributed by atoms with Gasteiger partial charge in [-0.05, 0) is 40.2 Å². The molecule has 0 aliphatic carbocycles. The third-order valence-corrected chi connectivity index (χ3v) is 3.17. The SMILES string of the molecule is Nc1ccccc1OCC(=O)Nc1c(F)cccc1Br. The lowest BCUT2D eigenvalue weighted by atomic mass is 10.3. The van der Waals surface area contributed by atoms with Gasteiger partial charge in [-0.25, -0.2) is 4.39 Å². The van der Waals surface area contributed by atoms with Crippen LogP contribution in [0.25, 0.3) is 0 Å². The lowest BCUT2D eigenvalue weighted by molar-refractivity contribution is -0.118. The van der Waals surface area contributed by atoms with E-state index in [1.807, 2.05) is 0 Å². The Morgan fingerprint density at radius 1 is 1.25 bits per heavy atom. The molecule has 20 heavy (non-hydrogen) atoms. The fraction of sp³-hybridized carbons (Fsp3) is 0.0714. The van der Waals surface area contributed by atoms with Gasteiger partial charge in [0.15, 0.2) is 6.61 Å². The van der Waals surface area contributed by atoms with E-state index in [4.69, 9.17) is 10.5 Å². The van der Waals surface area contributed by atoms with Crippen molar-refractivity contribution in [1.82, 2.24) is 0 Å². The smallest absolute Gasteiger partial charge is 0.262 e. The zero-order valence-electron chi connectivity index (χ0n) is 10.4. The summed E-state index contributed by atoms with van der Waals surface area (Å²) in [5, 5.41) is 2.44. The minimum Gasteiger partial charge on any atom is -0.482 e. The van der Waals surface area contributed by atoms with Crippen molar-refractivity contribution in [2.45, 2.75) is 0 Å². The van der Waals surface area contributed by atoms with Crippen LogP contribution in [-0.2, 0) is 4.79 Å². The number of anilines is 2. The Morgan fingerprint density at radius 2 is 2.00 bits per heavy atom. The van der Waals surface area contributed by atoms with E-state index in [1.54, 1.807) is 30.3 Å². The Bertz CT molecular complexity index is 614. The zero-order valence-corrected chi connectivity index (χ0v) is 12.0. The molecule has 3 N–H and O–H groups in total. The number of amides is 1. The number of carbonyl (C=O) groups is 1. The number of hydrogen-bond acceptors (Lipinski definition) is 3. The van der Waals surface area contributed by atoms with Crippen molar-refractivity contribution in [3.63, 3.8) is 0 Å². The number of nitrogen functional groups attached to an aromatic ring is 1. The summed E-state index contributed by atoms with van der Waals surface area (Å²) >= 11 is 3.17. The van der Waals surface area contributed by atoms with Gasteiger partial charge >= 0.3 is 0 Å². The second-order valence-corrected chi connectivity index (χ2v) is 4.83. The average molecular weight is 339 g/mol. The Morgan fingerprint density at radius 3 is 2.70 bits per heavy atom. The Hall–Kier alpha value is -2.08. The first-order valence-electron chi connectivity index (χ1n) is 5.79. The highest BCUT2D eigenvalue weighted by molar-refractivity contribution is 9.10. The molecule has 0 saturated heterocycles. The third-order valence-electron chi connectivity index (χ3n) is 2.50. The van der Waals surface area contributed by atoms with E-state index in [-0.39, 0.29) is 12.3 Å². The summed E-state index contributed by atoms with van der Waals surface area (Å²) in [5.74, 6) is -0.582. The van der Waals surface area contributed by atoms with Gasteiger partial charge in [-0.3, -0.25) is 4.79 Å². The molecule has 4 nitrogen and oxygen atoms in total. The molecule has 104 valence electrons. The van der Waals surface area contributed by atoms with E-state index in [9.17, 15) is 9.18 Å². The second-order valence-electron chi connectivity index (χ2n) is 3.97. The van der Waals surface area contributed by atoms with Crippen molar-refractivity contribution in [3.8, 4) is 5.75 Å². The quantitative estimate of drug-likeness (QED) is 0.841. The Labute approximate surface area is 123 Å². The fourth-order valence-electron chi connectivity index (χ4n) is 1.55. The number of rotatable bonds is 4. The van der Waals surface area contributed by atoms with Crippen LogP contribution in [-0.4, -0.2) is 12.5 Å². The molecule has 0 radical (unpaired) electrons. The molecule has 0 unspecified atom stereocenters.